The zero-order chi connectivity index (χ0) is 11.5. The smallest absolute Gasteiger partial charge is 0.255 e. The Kier molecular flexibility index (Phi) is 3.22. The molecule has 5 heteroatoms. The lowest BCUT2D eigenvalue weighted by molar-refractivity contribution is 0.0883. The fourth-order valence-corrected chi connectivity index (χ4v) is 2.07. The average Bonchev–Trinajstić information content (AvgIpc) is 2.68. The number of aryl methyl sites for hydroxylation is 1. The minimum atomic E-state index is -0.912. The van der Waals surface area contributed by atoms with Gasteiger partial charge in [0.1, 0.15) is 6.17 Å². The number of aromatic amines is 1. The number of carbonyl (C=O) groups excluding carboxylic acids is 1. The number of halogens is 1. The van der Waals surface area contributed by atoms with Crippen LogP contribution in [0.15, 0.2) is 6.20 Å². The van der Waals surface area contributed by atoms with E-state index in [1.54, 1.807) is 6.92 Å². The van der Waals surface area contributed by atoms with Crippen molar-refractivity contribution >= 4 is 5.91 Å². The van der Waals surface area contributed by atoms with Crippen LogP contribution in [0.5, 0.6) is 0 Å². The molecule has 1 fully saturated rings. The van der Waals surface area contributed by atoms with Gasteiger partial charge in [0, 0.05) is 5.69 Å². The Morgan fingerprint density at radius 2 is 2.31 bits per heavy atom. The van der Waals surface area contributed by atoms with Crippen LogP contribution in [0.2, 0.25) is 0 Å². The first-order valence-corrected chi connectivity index (χ1v) is 5.63. The van der Waals surface area contributed by atoms with Crippen molar-refractivity contribution in [3.63, 3.8) is 0 Å². The number of rotatable bonds is 2. The lowest BCUT2D eigenvalue weighted by Crippen LogP contribution is -2.43. The molecule has 1 aliphatic rings. The second-order valence-corrected chi connectivity index (χ2v) is 4.29. The molecule has 0 bridgehead atoms. The Labute approximate surface area is 93.6 Å². The quantitative estimate of drug-likeness (QED) is 0.805. The molecule has 2 atom stereocenters. The summed E-state index contributed by atoms with van der Waals surface area (Å²) in [6, 6.07) is -0.337. The van der Waals surface area contributed by atoms with Crippen LogP contribution in [0, 0.1) is 6.92 Å². The summed E-state index contributed by atoms with van der Waals surface area (Å²) in [6.07, 6.45) is 3.73. The fourth-order valence-electron chi connectivity index (χ4n) is 2.07. The largest absolute Gasteiger partial charge is 0.346 e. The molecule has 2 N–H and O–H groups in total. The van der Waals surface area contributed by atoms with E-state index in [-0.39, 0.29) is 11.9 Å². The zero-order valence-electron chi connectivity index (χ0n) is 9.29. The molecule has 1 saturated carbocycles. The van der Waals surface area contributed by atoms with Crippen molar-refractivity contribution in [3.8, 4) is 0 Å². The van der Waals surface area contributed by atoms with Crippen LogP contribution in [-0.2, 0) is 0 Å². The molecule has 2 rings (SSSR count). The number of amides is 1. The third kappa shape index (κ3) is 2.23. The van der Waals surface area contributed by atoms with Crippen molar-refractivity contribution in [1.29, 1.82) is 0 Å². The highest BCUT2D eigenvalue weighted by molar-refractivity contribution is 5.95. The van der Waals surface area contributed by atoms with Gasteiger partial charge in [-0.15, -0.1) is 0 Å². The molecule has 1 aromatic heterocycles. The summed E-state index contributed by atoms with van der Waals surface area (Å²) < 4.78 is 13.5. The molecular formula is C11H16FN3O. The molecule has 1 heterocycles. The minimum Gasteiger partial charge on any atom is -0.346 e. The second-order valence-electron chi connectivity index (χ2n) is 4.29. The van der Waals surface area contributed by atoms with Crippen LogP contribution in [0.1, 0.15) is 41.7 Å². The monoisotopic (exact) mass is 225 g/mol. The van der Waals surface area contributed by atoms with Gasteiger partial charge in [0.25, 0.3) is 5.91 Å². The zero-order valence-corrected chi connectivity index (χ0v) is 9.29. The van der Waals surface area contributed by atoms with Crippen LogP contribution in [0.25, 0.3) is 0 Å². The van der Waals surface area contributed by atoms with Crippen molar-refractivity contribution in [3.05, 3.63) is 17.5 Å². The van der Waals surface area contributed by atoms with Crippen LogP contribution in [-0.4, -0.2) is 28.3 Å². The molecule has 1 aromatic rings. The molecular weight excluding hydrogens is 209 g/mol. The van der Waals surface area contributed by atoms with E-state index >= 15 is 0 Å². The van der Waals surface area contributed by atoms with E-state index in [0.29, 0.717) is 17.7 Å². The van der Waals surface area contributed by atoms with Crippen molar-refractivity contribution in [2.24, 2.45) is 0 Å². The highest BCUT2D eigenvalue weighted by Gasteiger charge is 2.26. The summed E-state index contributed by atoms with van der Waals surface area (Å²) in [6.45, 7) is 1.77. The van der Waals surface area contributed by atoms with E-state index < -0.39 is 6.17 Å². The second kappa shape index (κ2) is 4.63. The summed E-state index contributed by atoms with van der Waals surface area (Å²) in [5, 5.41) is 9.21. The maximum Gasteiger partial charge on any atom is 0.255 e. The average molecular weight is 225 g/mol. The van der Waals surface area contributed by atoms with Gasteiger partial charge < -0.3 is 5.32 Å². The first kappa shape index (κ1) is 11.1. The van der Waals surface area contributed by atoms with Crippen LogP contribution in [0.3, 0.4) is 0 Å². The number of hydrogen-bond donors (Lipinski definition) is 2. The summed E-state index contributed by atoms with van der Waals surface area (Å²) in [5.74, 6) is -0.235. The van der Waals surface area contributed by atoms with Gasteiger partial charge >= 0.3 is 0 Å². The van der Waals surface area contributed by atoms with Gasteiger partial charge in [0.2, 0.25) is 0 Å². The number of nitrogens with zero attached hydrogens (tertiary/aromatic N) is 1. The number of alkyl halides is 1. The van der Waals surface area contributed by atoms with Crippen molar-refractivity contribution in [1.82, 2.24) is 15.5 Å². The van der Waals surface area contributed by atoms with Gasteiger partial charge in [-0.2, -0.15) is 5.10 Å². The first-order chi connectivity index (χ1) is 7.68. The molecule has 0 unspecified atom stereocenters. The molecule has 1 aliphatic carbocycles. The Morgan fingerprint density at radius 1 is 1.56 bits per heavy atom. The summed E-state index contributed by atoms with van der Waals surface area (Å²) in [4.78, 5) is 11.8. The summed E-state index contributed by atoms with van der Waals surface area (Å²) in [5.41, 5.74) is 1.21. The molecule has 0 aromatic carbocycles. The van der Waals surface area contributed by atoms with Gasteiger partial charge in [-0.1, -0.05) is 12.8 Å². The highest BCUT2D eigenvalue weighted by atomic mass is 19.1. The summed E-state index contributed by atoms with van der Waals surface area (Å²) in [7, 11) is 0. The van der Waals surface area contributed by atoms with Gasteiger partial charge in [-0.05, 0) is 19.8 Å². The lowest BCUT2D eigenvalue weighted by Gasteiger charge is -2.26. The third-order valence-electron chi connectivity index (χ3n) is 3.07. The SMILES string of the molecule is Cc1[nH]ncc1C(=O)N[C@H]1CCCC[C@@H]1F. The van der Waals surface area contributed by atoms with Gasteiger partial charge in [-0.25, -0.2) is 4.39 Å². The predicted molar refractivity (Wildman–Crippen MR) is 57.9 cm³/mol. The number of H-pyrrole nitrogens is 1. The van der Waals surface area contributed by atoms with E-state index in [1.807, 2.05) is 0 Å². The molecule has 0 saturated heterocycles. The molecule has 1 amide bonds. The molecule has 88 valence electrons. The first-order valence-electron chi connectivity index (χ1n) is 5.63. The number of nitrogens with one attached hydrogen (secondary N) is 2. The van der Waals surface area contributed by atoms with E-state index in [0.717, 1.165) is 19.3 Å². The fraction of sp³-hybridized carbons (Fsp3) is 0.636. The van der Waals surface area contributed by atoms with E-state index in [1.165, 1.54) is 6.20 Å². The predicted octanol–water partition coefficient (Wildman–Crippen LogP) is 1.73. The van der Waals surface area contributed by atoms with E-state index in [2.05, 4.69) is 15.5 Å². The van der Waals surface area contributed by atoms with E-state index in [4.69, 9.17) is 0 Å². The lowest BCUT2D eigenvalue weighted by atomic mass is 9.93. The van der Waals surface area contributed by atoms with E-state index in [9.17, 15) is 9.18 Å². The Morgan fingerprint density at radius 3 is 2.94 bits per heavy atom. The van der Waals surface area contributed by atoms with Crippen molar-refractivity contribution in [2.75, 3.05) is 0 Å². The minimum absolute atomic E-state index is 0.235. The normalized spacial score (nSPS) is 25.4. The van der Waals surface area contributed by atoms with Gasteiger partial charge in [0.15, 0.2) is 0 Å². The molecule has 0 radical (unpaired) electrons. The molecule has 0 spiro atoms. The number of aromatic nitrogens is 2. The van der Waals surface area contributed by atoms with Crippen molar-refractivity contribution in [2.45, 2.75) is 44.8 Å². The van der Waals surface area contributed by atoms with Crippen LogP contribution in [0.4, 0.5) is 4.39 Å². The molecule has 4 nitrogen and oxygen atoms in total. The van der Waals surface area contributed by atoms with Crippen LogP contribution < -0.4 is 5.32 Å². The number of carbonyl (C=O) groups is 1. The third-order valence-corrected chi connectivity index (χ3v) is 3.07. The standard InChI is InChI=1S/C11H16FN3O/c1-7-8(6-13-15-7)11(16)14-10-5-3-2-4-9(10)12/h6,9-10H,2-5H2,1H3,(H,13,15)(H,14,16)/t9-,10-/m0/s1. The van der Waals surface area contributed by atoms with Gasteiger partial charge in [-0.3, -0.25) is 9.89 Å². The number of hydrogen-bond acceptors (Lipinski definition) is 2. The molecule has 16 heavy (non-hydrogen) atoms. The van der Waals surface area contributed by atoms with Crippen LogP contribution >= 0.6 is 0 Å². The Hall–Kier alpha value is -1.39. The highest BCUT2D eigenvalue weighted by Crippen LogP contribution is 2.21. The maximum atomic E-state index is 13.5. The summed E-state index contributed by atoms with van der Waals surface area (Å²) >= 11 is 0. The van der Waals surface area contributed by atoms with Gasteiger partial charge in [0.05, 0.1) is 17.8 Å². The Balaban J connectivity index is 1.99. The molecule has 0 aliphatic heterocycles. The maximum absolute atomic E-state index is 13.5. The van der Waals surface area contributed by atoms with Crippen molar-refractivity contribution < 1.29 is 9.18 Å². The Bertz CT molecular complexity index is 377. The topological polar surface area (TPSA) is 57.8 Å².